The third kappa shape index (κ3) is 6.90. The Hall–Kier alpha value is -0.590. The van der Waals surface area contributed by atoms with Crippen molar-refractivity contribution in [2.45, 2.75) is 35.9 Å². The van der Waals surface area contributed by atoms with Crippen molar-refractivity contribution in [2.75, 3.05) is 18.0 Å². The number of β-amino-alcohol motifs (C(OH)–C–C–N with tert-alkyl or cyclic N) is 1. The van der Waals surface area contributed by atoms with E-state index in [0.29, 0.717) is 61.5 Å². The van der Waals surface area contributed by atoms with E-state index in [0.717, 1.165) is 29.9 Å². The van der Waals surface area contributed by atoms with E-state index >= 15 is 0 Å². The van der Waals surface area contributed by atoms with Crippen LogP contribution in [0.2, 0.25) is 15.1 Å². The van der Waals surface area contributed by atoms with Crippen molar-refractivity contribution in [1.82, 2.24) is 5.16 Å². The molecular formula is C28H25Cl3N2Na2O5S. The van der Waals surface area contributed by atoms with Gasteiger partial charge in [-0.25, -0.2) is 4.21 Å². The van der Waals surface area contributed by atoms with Gasteiger partial charge in [-0.2, -0.15) is 0 Å². The van der Waals surface area contributed by atoms with Gasteiger partial charge < -0.3 is 26.7 Å². The molecule has 2 aliphatic rings. The molecule has 4 aromatic rings. The minimum Gasteiger partial charge on any atom is -1.00 e. The molecule has 13 heteroatoms. The maximum atomic E-state index is 11.4. The Morgan fingerprint density at radius 3 is 2.34 bits per heavy atom. The van der Waals surface area contributed by atoms with Gasteiger partial charge in [0.1, 0.15) is 29.4 Å². The molecule has 0 amide bonds. The van der Waals surface area contributed by atoms with Crippen LogP contribution in [-0.4, -0.2) is 32.1 Å². The van der Waals surface area contributed by atoms with Crippen molar-refractivity contribution in [3.8, 4) is 17.0 Å². The normalized spacial score (nSPS) is 16.3. The molecule has 206 valence electrons. The summed E-state index contributed by atoms with van der Waals surface area (Å²) in [6.07, 6.45) is 2.05. The van der Waals surface area contributed by atoms with Crippen LogP contribution in [0.3, 0.4) is 0 Å². The first-order valence-corrected chi connectivity index (χ1v) is 14.5. The van der Waals surface area contributed by atoms with Crippen LogP contribution in [0.1, 0.15) is 38.5 Å². The number of hydrogen-bond donors (Lipinski definition) is 2. The van der Waals surface area contributed by atoms with Crippen molar-refractivity contribution < 1.29 is 85.1 Å². The van der Waals surface area contributed by atoms with Crippen molar-refractivity contribution in [3.63, 3.8) is 0 Å². The molecule has 1 aliphatic carbocycles. The minimum absolute atomic E-state index is 0. The molecule has 41 heavy (non-hydrogen) atoms. The maximum Gasteiger partial charge on any atom is 1.00 e. The second-order valence-corrected chi connectivity index (χ2v) is 12.0. The van der Waals surface area contributed by atoms with Crippen LogP contribution in [0.4, 0.5) is 5.69 Å². The molecule has 1 saturated carbocycles. The van der Waals surface area contributed by atoms with E-state index in [4.69, 9.17) is 44.1 Å². The molecule has 1 saturated heterocycles. The molecule has 0 radical (unpaired) electrons. The Labute approximate surface area is 302 Å². The zero-order valence-electron chi connectivity index (χ0n) is 24.4. The molecule has 2 heterocycles. The van der Waals surface area contributed by atoms with Crippen LogP contribution in [0, 0.1) is 0 Å². The van der Waals surface area contributed by atoms with Gasteiger partial charge in [-0.15, -0.1) is 0 Å². The van der Waals surface area contributed by atoms with Gasteiger partial charge in [-0.05, 0) is 55.3 Å². The van der Waals surface area contributed by atoms with Gasteiger partial charge in [-0.1, -0.05) is 58.2 Å². The van der Waals surface area contributed by atoms with Gasteiger partial charge in [0.2, 0.25) is 0 Å². The third-order valence-corrected chi connectivity index (χ3v) is 8.68. The molecule has 0 bridgehead atoms. The van der Waals surface area contributed by atoms with Gasteiger partial charge in [0, 0.05) is 22.7 Å². The number of anilines is 1. The Bertz CT molecular complexity index is 1590. The van der Waals surface area contributed by atoms with Gasteiger partial charge in [0.25, 0.3) is 0 Å². The topological polar surface area (TPSA) is 96.0 Å². The number of ether oxygens (including phenoxy) is 1. The minimum atomic E-state index is -2.07. The summed E-state index contributed by atoms with van der Waals surface area (Å²) < 4.78 is 32.6. The predicted molar refractivity (Wildman–Crippen MR) is 154 cm³/mol. The molecule has 7 nitrogen and oxygen atoms in total. The molecule has 0 spiro atoms. The van der Waals surface area contributed by atoms with Crippen molar-refractivity contribution in [3.05, 3.63) is 92.6 Å². The smallest absolute Gasteiger partial charge is 1.00 e. The number of benzene rings is 3. The number of rotatable bonds is 8. The van der Waals surface area contributed by atoms with E-state index in [1.54, 1.807) is 54.6 Å². The third-order valence-electron chi connectivity index (χ3n) is 7.08. The monoisotopic (exact) mass is 652 g/mol. The van der Waals surface area contributed by atoms with E-state index in [2.05, 4.69) is 5.16 Å². The molecule has 1 unspecified atom stereocenters. The average Bonchev–Trinajstić information content (AvgIpc) is 3.66. The van der Waals surface area contributed by atoms with Gasteiger partial charge in [-0.3, -0.25) is 0 Å². The zero-order chi connectivity index (χ0) is 27.3. The second kappa shape index (κ2) is 13.6. The summed E-state index contributed by atoms with van der Waals surface area (Å²) in [5.41, 5.74) is 2.15. The number of halogens is 3. The fraction of sp³-hybridized carbons (Fsp3) is 0.250. The first kappa shape index (κ1) is 33.3. The quantitative estimate of drug-likeness (QED) is 0.219. The summed E-state index contributed by atoms with van der Waals surface area (Å²) in [6.45, 7) is 0.770. The Morgan fingerprint density at radius 1 is 1.02 bits per heavy atom. The van der Waals surface area contributed by atoms with Gasteiger partial charge in [0.15, 0.2) is 11.1 Å². The van der Waals surface area contributed by atoms with Crippen LogP contribution in [0.15, 0.2) is 70.1 Å². The van der Waals surface area contributed by atoms with Gasteiger partial charge >= 0.3 is 59.1 Å². The average molecular weight is 654 g/mol. The van der Waals surface area contributed by atoms with E-state index < -0.39 is 16.7 Å². The summed E-state index contributed by atoms with van der Waals surface area (Å²) >= 11 is 17.4. The summed E-state index contributed by atoms with van der Waals surface area (Å²) in [6, 6.07) is 17.3. The predicted octanol–water partition coefficient (Wildman–Crippen LogP) is 1.28. The number of aliphatic hydroxyl groups is 1. The van der Waals surface area contributed by atoms with Crippen molar-refractivity contribution >= 4 is 51.6 Å². The summed E-state index contributed by atoms with van der Waals surface area (Å²) in [4.78, 5) is 2.23. The summed E-state index contributed by atoms with van der Waals surface area (Å²) in [5, 5.41) is 16.9. The molecule has 3 aromatic carbocycles. The summed E-state index contributed by atoms with van der Waals surface area (Å²) in [7, 11) is 0. The summed E-state index contributed by atoms with van der Waals surface area (Å²) in [5.74, 6) is 1.61. The molecular weight excluding hydrogens is 629 g/mol. The van der Waals surface area contributed by atoms with Crippen LogP contribution >= 0.6 is 34.8 Å². The fourth-order valence-corrected chi connectivity index (χ4v) is 6.23. The second-order valence-electron chi connectivity index (χ2n) is 9.81. The number of aromatic nitrogens is 1. The first-order valence-electron chi connectivity index (χ1n) is 12.3. The van der Waals surface area contributed by atoms with E-state index in [-0.39, 0.29) is 68.6 Å². The van der Waals surface area contributed by atoms with E-state index in [1.165, 1.54) is 0 Å². The van der Waals surface area contributed by atoms with Crippen molar-refractivity contribution in [1.29, 1.82) is 0 Å². The number of hydrogen-bond acceptors (Lipinski definition) is 6. The molecule has 2 fully saturated rings. The molecule has 6 rings (SSSR count). The molecule has 1 aliphatic heterocycles. The van der Waals surface area contributed by atoms with E-state index in [9.17, 15) is 13.9 Å². The number of nitrogens with zero attached hydrogens (tertiary/aromatic N) is 2. The maximum absolute atomic E-state index is 11.4. The van der Waals surface area contributed by atoms with Crippen LogP contribution in [-0.2, 0) is 23.3 Å². The van der Waals surface area contributed by atoms with Crippen LogP contribution in [0.25, 0.3) is 11.3 Å². The molecule has 1 aromatic heterocycles. The zero-order valence-corrected chi connectivity index (χ0v) is 29.5. The Kier molecular flexibility index (Phi) is 11.0. The SMILES string of the molecule is O=S(O)c1cccc(N2CC(O)(c3ccc(OCc4c(-c5c(Cl)cccc5Cl)noc4C4CC4)cc3Cl)C2)c1.[H-].[H-].[Na+].[Na+]. The van der Waals surface area contributed by atoms with Crippen molar-refractivity contribution in [2.24, 2.45) is 0 Å². The fourth-order valence-electron chi connectivity index (χ4n) is 4.89. The van der Waals surface area contributed by atoms with Gasteiger partial charge in [0.05, 0.1) is 38.6 Å². The van der Waals surface area contributed by atoms with Crippen LogP contribution in [0.5, 0.6) is 5.75 Å². The molecule has 1 atom stereocenters. The van der Waals surface area contributed by atoms with E-state index in [1.807, 2.05) is 11.0 Å². The largest absolute Gasteiger partial charge is 1.00 e. The standard InChI is InChI=1S/C28H23Cl3N2O5S.2Na.2H/c29-22-5-2-6-23(30)25(22)26-20(27(38-32-26)16-7-8-16)13-37-18-9-10-21(24(31)12-18)28(34)14-33(15-28)17-3-1-4-19(11-17)39(35)36;;;;/h1-6,9-12,16,34H,7-8,13-15H2,(H,35,36);;;;/q;2*+1;2*-1. The Morgan fingerprint density at radius 2 is 1.71 bits per heavy atom. The van der Waals surface area contributed by atoms with Crippen LogP contribution < -0.4 is 68.8 Å². The first-order chi connectivity index (χ1) is 18.7. The molecule has 2 N–H and O–H groups in total. The Balaban J connectivity index is 0.00000161.